The lowest BCUT2D eigenvalue weighted by molar-refractivity contribution is -0.212. The summed E-state index contributed by atoms with van der Waals surface area (Å²) in [6.45, 7) is 11.4. The molecule has 0 spiro atoms. The molecule has 0 aromatic carbocycles. The minimum Gasteiger partial charge on any atom is -0.455 e. The molecule has 4 fully saturated rings. The molecule has 2 aliphatic carbocycles. The van der Waals surface area contributed by atoms with Gasteiger partial charge in [-0.1, -0.05) is 18.6 Å². The van der Waals surface area contributed by atoms with Gasteiger partial charge in [-0.25, -0.2) is 0 Å². The number of carbonyl (C=O) groups is 3. The summed E-state index contributed by atoms with van der Waals surface area (Å²) in [5.74, 6) is -1.56. The van der Waals surface area contributed by atoms with Crippen LogP contribution < -0.4 is 0 Å². The number of ketones is 1. The third kappa shape index (κ3) is 2.36. The predicted octanol–water partition coefficient (Wildman–Crippen LogP) is 3.86. The monoisotopic (exact) mass is 448 g/mol. The van der Waals surface area contributed by atoms with Gasteiger partial charge in [-0.05, 0) is 64.5 Å². The standard InChI is InChI=1S/C24H29ClO6/c1-11-13-9-16(26)31-21(3,4)14(13)7-8-23(6)15(11)10-22(5)17-19(30-20(22)28)29-12(2)18(27)24(17,23)25/h7,12,15,17,19H,8-10H2,1-6H3/t12-,15+,17-,19+,22-,23+,24+/m1/s1. The van der Waals surface area contributed by atoms with Gasteiger partial charge in [0.2, 0.25) is 6.29 Å². The number of Topliss-reactive ketones (excluding diaryl/α,β-unsaturated/α-hetero) is 1. The minimum atomic E-state index is -1.33. The third-order valence-electron chi connectivity index (χ3n) is 8.76. The van der Waals surface area contributed by atoms with E-state index < -0.39 is 39.6 Å². The highest BCUT2D eigenvalue weighted by atomic mass is 35.5. The Hall–Kier alpha value is -1.66. The summed E-state index contributed by atoms with van der Waals surface area (Å²) in [6.07, 6.45) is 1.71. The molecular formula is C24H29ClO6. The van der Waals surface area contributed by atoms with Crippen LogP contribution in [-0.4, -0.2) is 40.6 Å². The lowest BCUT2D eigenvalue weighted by Crippen LogP contribution is -2.70. The van der Waals surface area contributed by atoms with Crippen LogP contribution in [0, 0.1) is 22.7 Å². The molecule has 3 heterocycles. The number of hydrogen-bond acceptors (Lipinski definition) is 6. The van der Waals surface area contributed by atoms with Gasteiger partial charge in [0.1, 0.15) is 16.6 Å². The second-order valence-corrected chi connectivity index (χ2v) is 11.4. The van der Waals surface area contributed by atoms with Gasteiger partial charge < -0.3 is 14.2 Å². The number of carbonyl (C=O) groups excluding carboxylic acids is 3. The molecule has 1 saturated carbocycles. The van der Waals surface area contributed by atoms with E-state index in [9.17, 15) is 14.4 Å². The zero-order chi connectivity index (χ0) is 22.7. The Bertz CT molecular complexity index is 994. The molecule has 0 radical (unpaired) electrons. The first kappa shape index (κ1) is 21.2. The van der Waals surface area contributed by atoms with Crippen molar-refractivity contribution < 1.29 is 28.6 Å². The number of ether oxygens (including phenoxy) is 3. The summed E-state index contributed by atoms with van der Waals surface area (Å²) in [5.41, 5.74) is 0.558. The zero-order valence-corrected chi connectivity index (χ0v) is 19.6. The molecule has 3 aliphatic heterocycles. The van der Waals surface area contributed by atoms with Crippen molar-refractivity contribution in [3.63, 3.8) is 0 Å². The van der Waals surface area contributed by atoms with E-state index in [1.807, 2.05) is 34.6 Å². The molecule has 3 saturated heterocycles. The van der Waals surface area contributed by atoms with Crippen LogP contribution in [0.15, 0.2) is 22.8 Å². The van der Waals surface area contributed by atoms with Crippen LogP contribution >= 0.6 is 11.6 Å². The number of alkyl halides is 1. The van der Waals surface area contributed by atoms with E-state index in [0.29, 0.717) is 12.8 Å². The molecule has 7 heteroatoms. The molecule has 5 aliphatic rings. The highest BCUT2D eigenvalue weighted by Gasteiger charge is 2.77. The van der Waals surface area contributed by atoms with Crippen molar-refractivity contribution in [2.24, 2.45) is 22.7 Å². The highest BCUT2D eigenvalue weighted by molar-refractivity contribution is 6.37. The van der Waals surface area contributed by atoms with Crippen molar-refractivity contribution >= 4 is 29.3 Å². The quantitative estimate of drug-likeness (QED) is 0.413. The van der Waals surface area contributed by atoms with E-state index in [4.69, 9.17) is 25.8 Å². The summed E-state index contributed by atoms with van der Waals surface area (Å²) in [5, 5.41) is 0. The van der Waals surface area contributed by atoms with Gasteiger partial charge in [-0.3, -0.25) is 14.4 Å². The first-order valence-corrected chi connectivity index (χ1v) is 11.4. The van der Waals surface area contributed by atoms with E-state index in [1.54, 1.807) is 6.92 Å². The predicted molar refractivity (Wildman–Crippen MR) is 112 cm³/mol. The smallest absolute Gasteiger partial charge is 0.314 e. The molecule has 6 nitrogen and oxygen atoms in total. The average molecular weight is 449 g/mol. The third-order valence-corrected chi connectivity index (χ3v) is 9.62. The highest BCUT2D eigenvalue weighted by Crippen LogP contribution is 2.70. The van der Waals surface area contributed by atoms with Gasteiger partial charge in [0.05, 0.1) is 17.8 Å². The Kier molecular flexibility index (Phi) is 4.11. The fraction of sp³-hybridized carbons (Fsp3) is 0.708. The SMILES string of the molecule is CC1=C2CC(=O)OC(C)(C)C2=CC[C@@]2(C)[C@H]1C[C@@]1(C)C(=O)O[C@@H]3O[C@H](C)C(=O)[C@@]2(Cl)[C@H]31. The van der Waals surface area contributed by atoms with E-state index in [1.165, 1.54) is 0 Å². The first-order valence-electron chi connectivity index (χ1n) is 11.0. The van der Waals surface area contributed by atoms with Crippen LogP contribution in [-0.2, 0) is 28.6 Å². The molecule has 31 heavy (non-hydrogen) atoms. The van der Waals surface area contributed by atoms with E-state index in [-0.39, 0.29) is 30.1 Å². The zero-order valence-electron chi connectivity index (χ0n) is 18.8. The maximum atomic E-state index is 13.7. The average Bonchev–Trinajstić information content (AvgIpc) is 2.84. The van der Waals surface area contributed by atoms with Crippen LogP contribution in [0.4, 0.5) is 0 Å². The van der Waals surface area contributed by atoms with Crippen molar-refractivity contribution in [2.75, 3.05) is 0 Å². The van der Waals surface area contributed by atoms with Gasteiger partial charge in [-0.2, -0.15) is 0 Å². The molecule has 0 amide bonds. The van der Waals surface area contributed by atoms with Gasteiger partial charge in [0, 0.05) is 5.41 Å². The number of halogens is 1. The lowest BCUT2D eigenvalue weighted by Gasteiger charge is -2.61. The lowest BCUT2D eigenvalue weighted by atomic mass is 9.45. The van der Waals surface area contributed by atoms with Gasteiger partial charge in [-0.15, -0.1) is 11.6 Å². The van der Waals surface area contributed by atoms with E-state index in [2.05, 4.69) is 6.08 Å². The summed E-state index contributed by atoms with van der Waals surface area (Å²) < 4.78 is 17.1. The Morgan fingerprint density at radius 1 is 1.13 bits per heavy atom. The Morgan fingerprint density at radius 3 is 2.48 bits per heavy atom. The van der Waals surface area contributed by atoms with Gasteiger partial charge in [0.15, 0.2) is 5.78 Å². The topological polar surface area (TPSA) is 78.9 Å². The summed E-state index contributed by atoms with van der Waals surface area (Å²) in [4.78, 5) is 37.8. The second kappa shape index (κ2) is 6.02. The molecule has 0 bridgehead atoms. The van der Waals surface area contributed by atoms with Crippen molar-refractivity contribution in [2.45, 2.75) is 83.7 Å². The number of hydrogen-bond donors (Lipinski definition) is 0. The van der Waals surface area contributed by atoms with Crippen molar-refractivity contribution in [1.82, 2.24) is 0 Å². The Balaban J connectivity index is 1.77. The minimum absolute atomic E-state index is 0.169. The Morgan fingerprint density at radius 2 is 1.81 bits per heavy atom. The maximum Gasteiger partial charge on any atom is 0.314 e. The van der Waals surface area contributed by atoms with Crippen LogP contribution in [0.25, 0.3) is 0 Å². The summed E-state index contributed by atoms with van der Waals surface area (Å²) in [7, 11) is 0. The molecule has 0 aromatic rings. The fourth-order valence-corrected chi connectivity index (χ4v) is 7.78. The van der Waals surface area contributed by atoms with Crippen LogP contribution in [0.1, 0.15) is 60.8 Å². The van der Waals surface area contributed by atoms with Crippen LogP contribution in [0.5, 0.6) is 0 Å². The van der Waals surface area contributed by atoms with Crippen LogP contribution in [0.2, 0.25) is 0 Å². The first-order chi connectivity index (χ1) is 14.3. The Labute approximate surface area is 187 Å². The number of allylic oxidation sites excluding steroid dienone is 2. The second-order valence-electron chi connectivity index (χ2n) is 10.8. The fourth-order valence-electron chi connectivity index (χ4n) is 7.08. The largest absolute Gasteiger partial charge is 0.455 e. The van der Waals surface area contributed by atoms with Crippen molar-refractivity contribution in [3.8, 4) is 0 Å². The maximum absolute atomic E-state index is 13.7. The van der Waals surface area contributed by atoms with Gasteiger partial charge in [0.25, 0.3) is 0 Å². The number of cyclic esters (lactones) is 1. The van der Waals surface area contributed by atoms with E-state index in [0.717, 1.165) is 16.7 Å². The van der Waals surface area contributed by atoms with E-state index >= 15 is 0 Å². The van der Waals surface area contributed by atoms with Gasteiger partial charge >= 0.3 is 11.9 Å². The number of esters is 2. The molecule has 5 rings (SSSR count). The summed E-state index contributed by atoms with van der Waals surface area (Å²) >= 11 is 7.44. The molecule has 7 atom stereocenters. The van der Waals surface area contributed by atoms with Crippen molar-refractivity contribution in [1.29, 1.82) is 0 Å². The molecular weight excluding hydrogens is 420 g/mol. The summed E-state index contributed by atoms with van der Waals surface area (Å²) in [6, 6.07) is 0. The number of fused-ring (bicyclic) bond motifs is 3. The molecule has 0 aromatic heterocycles. The van der Waals surface area contributed by atoms with Crippen molar-refractivity contribution in [3.05, 3.63) is 22.8 Å². The van der Waals surface area contributed by atoms with Crippen LogP contribution in [0.3, 0.4) is 0 Å². The number of rotatable bonds is 0. The molecule has 0 unspecified atom stereocenters. The molecule has 0 N–H and O–H groups in total. The normalized spacial score (nSPS) is 48.1. The molecule has 168 valence electrons.